The fourth-order valence-electron chi connectivity index (χ4n) is 4.22. The minimum Gasteiger partial charge on any atom is -0.370 e. The van der Waals surface area contributed by atoms with Gasteiger partial charge in [-0.25, -0.2) is 4.98 Å². The molecule has 0 saturated carbocycles. The maximum Gasteiger partial charge on any atom is 0.417 e. The summed E-state index contributed by atoms with van der Waals surface area (Å²) in [6.45, 7) is 5.56. The van der Waals surface area contributed by atoms with Crippen molar-refractivity contribution in [3.63, 3.8) is 0 Å². The summed E-state index contributed by atoms with van der Waals surface area (Å²) in [6.07, 6.45) is 1.78. The van der Waals surface area contributed by atoms with Crippen LogP contribution < -0.4 is 10.2 Å². The van der Waals surface area contributed by atoms with Gasteiger partial charge in [-0.2, -0.15) is 13.2 Å². The van der Waals surface area contributed by atoms with E-state index in [-0.39, 0.29) is 11.3 Å². The number of thiazole rings is 1. The molecule has 2 aromatic rings. The molecule has 10 heteroatoms. The molecule has 2 aliphatic rings. The van der Waals surface area contributed by atoms with E-state index in [2.05, 4.69) is 20.2 Å². The summed E-state index contributed by atoms with van der Waals surface area (Å²) in [4.78, 5) is 24.6. The number of hydrogen-bond acceptors (Lipinski definition) is 6. The first kappa shape index (κ1) is 20.1. The van der Waals surface area contributed by atoms with E-state index in [0.29, 0.717) is 10.8 Å². The lowest BCUT2D eigenvalue weighted by molar-refractivity contribution is -0.137. The van der Waals surface area contributed by atoms with Gasteiger partial charge in [0.1, 0.15) is 0 Å². The lowest BCUT2D eigenvalue weighted by Gasteiger charge is -2.25. The standard InChI is InChI=1S/C19H22F3N5OS/c1-13(28)25-17-24-9-16(29-17)10-26-4-2-18(11-26)3-5-27(12-18)15-6-14(7-23-8-15)19(20,21)22/h6-9H,2-5,10-12H2,1H3,(H,24,25,28). The molecular formula is C19H22F3N5OS. The van der Waals surface area contributed by atoms with Crippen LogP contribution in [0.1, 0.15) is 30.2 Å². The Balaban J connectivity index is 1.38. The number of halogens is 3. The number of nitrogens with one attached hydrogen (secondary N) is 1. The largest absolute Gasteiger partial charge is 0.417 e. The summed E-state index contributed by atoms with van der Waals surface area (Å²) in [5, 5.41) is 3.30. The first-order chi connectivity index (χ1) is 13.7. The molecule has 29 heavy (non-hydrogen) atoms. The first-order valence-corrected chi connectivity index (χ1v) is 10.3. The number of rotatable bonds is 4. The number of likely N-dealkylation sites (tertiary alicyclic amines) is 1. The van der Waals surface area contributed by atoms with E-state index in [9.17, 15) is 18.0 Å². The molecule has 1 atom stereocenters. The Morgan fingerprint density at radius 2 is 2.03 bits per heavy atom. The number of aromatic nitrogens is 2. The highest BCUT2D eigenvalue weighted by molar-refractivity contribution is 7.15. The van der Waals surface area contributed by atoms with Crippen molar-refractivity contribution in [2.45, 2.75) is 32.5 Å². The number of carbonyl (C=O) groups excluding carboxylic acids is 1. The van der Waals surface area contributed by atoms with Crippen molar-refractivity contribution in [1.29, 1.82) is 0 Å². The van der Waals surface area contributed by atoms with Gasteiger partial charge in [-0.1, -0.05) is 0 Å². The van der Waals surface area contributed by atoms with Crippen LogP contribution in [0.25, 0.3) is 0 Å². The Hall–Kier alpha value is -2.20. The molecule has 6 nitrogen and oxygen atoms in total. The van der Waals surface area contributed by atoms with Gasteiger partial charge in [-0.3, -0.25) is 14.7 Å². The van der Waals surface area contributed by atoms with Crippen molar-refractivity contribution in [3.05, 3.63) is 35.1 Å². The highest BCUT2D eigenvalue weighted by Crippen LogP contribution is 2.42. The highest BCUT2D eigenvalue weighted by atomic mass is 32.1. The summed E-state index contributed by atoms with van der Waals surface area (Å²) in [5.41, 5.74) is -0.0685. The Kier molecular flexibility index (Phi) is 5.24. The van der Waals surface area contributed by atoms with Crippen molar-refractivity contribution in [2.24, 2.45) is 5.41 Å². The van der Waals surface area contributed by atoms with Gasteiger partial charge in [0, 0.05) is 55.8 Å². The van der Waals surface area contributed by atoms with Gasteiger partial charge in [0.2, 0.25) is 5.91 Å². The molecule has 2 aliphatic heterocycles. The molecule has 4 rings (SSSR count). The molecule has 1 N–H and O–H groups in total. The third-order valence-corrected chi connectivity index (χ3v) is 6.49. The van der Waals surface area contributed by atoms with Crippen LogP contribution in [-0.4, -0.2) is 47.0 Å². The molecule has 2 fully saturated rings. The third kappa shape index (κ3) is 4.53. The summed E-state index contributed by atoms with van der Waals surface area (Å²) < 4.78 is 39.0. The number of amides is 1. The molecule has 4 heterocycles. The first-order valence-electron chi connectivity index (χ1n) is 9.44. The van der Waals surface area contributed by atoms with Crippen LogP contribution >= 0.6 is 11.3 Å². The van der Waals surface area contributed by atoms with Gasteiger partial charge >= 0.3 is 6.18 Å². The van der Waals surface area contributed by atoms with Gasteiger partial charge < -0.3 is 10.2 Å². The fourth-order valence-corrected chi connectivity index (χ4v) is 5.12. The van der Waals surface area contributed by atoms with Crippen molar-refractivity contribution in [3.8, 4) is 0 Å². The van der Waals surface area contributed by atoms with E-state index in [0.717, 1.165) is 56.6 Å². The Labute approximate surface area is 170 Å². The lowest BCUT2D eigenvalue weighted by atomic mass is 9.86. The van der Waals surface area contributed by atoms with Crippen LogP contribution in [0.15, 0.2) is 24.7 Å². The summed E-state index contributed by atoms with van der Waals surface area (Å²) in [5.74, 6) is -0.138. The lowest BCUT2D eigenvalue weighted by Crippen LogP contribution is -2.30. The fraction of sp³-hybridized carbons (Fsp3) is 0.526. The van der Waals surface area contributed by atoms with E-state index < -0.39 is 11.7 Å². The Morgan fingerprint density at radius 1 is 1.24 bits per heavy atom. The van der Waals surface area contributed by atoms with Gasteiger partial charge in [-0.05, 0) is 25.5 Å². The highest BCUT2D eigenvalue weighted by Gasteiger charge is 2.44. The molecule has 2 saturated heterocycles. The van der Waals surface area contributed by atoms with Crippen molar-refractivity contribution < 1.29 is 18.0 Å². The number of alkyl halides is 3. The number of nitrogens with zero attached hydrogens (tertiary/aromatic N) is 4. The minimum absolute atomic E-state index is 0.0966. The van der Waals surface area contributed by atoms with Crippen LogP contribution in [0, 0.1) is 5.41 Å². The van der Waals surface area contributed by atoms with Crippen LogP contribution in [0.2, 0.25) is 0 Å². The third-order valence-electron chi connectivity index (χ3n) is 5.59. The molecule has 0 radical (unpaired) electrons. The number of hydrogen-bond donors (Lipinski definition) is 1. The van der Waals surface area contributed by atoms with E-state index in [1.54, 1.807) is 6.20 Å². The molecular weight excluding hydrogens is 403 g/mol. The quantitative estimate of drug-likeness (QED) is 0.811. The van der Waals surface area contributed by atoms with Crippen LogP contribution in [-0.2, 0) is 17.5 Å². The van der Waals surface area contributed by atoms with Gasteiger partial charge in [0.25, 0.3) is 0 Å². The summed E-state index contributed by atoms with van der Waals surface area (Å²) >= 11 is 1.47. The maximum absolute atomic E-state index is 13.0. The zero-order valence-electron chi connectivity index (χ0n) is 16.0. The maximum atomic E-state index is 13.0. The molecule has 0 aliphatic carbocycles. The van der Waals surface area contributed by atoms with Crippen LogP contribution in [0.4, 0.5) is 24.0 Å². The molecule has 156 valence electrons. The normalized spacial score (nSPS) is 22.6. The zero-order valence-corrected chi connectivity index (χ0v) is 16.8. The molecule has 1 amide bonds. The Bertz CT molecular complexity index is 902. The molecule has 1 spiro atoms. The number of carbonyl (C=O) groups is 1. The van der Waals surface area contributed by atoms with Gasteiger partial charge in [0.05, 0.1) is 17.4 Å². The van der Waals surface area contributed by atoms with Crippen LogP contribution in [0.3, 0.4) is 0 Å². The van der Waals surface area contributed by atoms with E-state index in [4.69, 9.17) is 0 Å². The van der Waals surface area contributed by atoms with E-state index in [1.807, 2.05) is 4.90 Å². The second-order valence-corrected chi connectivity index (χ2v) is 8.99. The summed E-state index contributed by atoms with van der Waals surface area (Å²) in [7, 11) is 0. The average Bonchev–Trinajstić information content (AvgIpc) is 3.36. The van der Waals surface area contributed by atoms with Crippen molar-refractivity contribution in [2.75, 3.05) is 36.4 Å². The van der Waals surface area contributed by atoms with Crippen LogP contribution in [0.5, 0.6) is 0 Å². The summed E-state index contributed by atoms with van der Waals surface area (Å²) in [6, 6.07) is 1.19. The molecule has 0 aromatic carbocycles. The molecule has 2 aromatic heterocycles. The second-order valence-electron chi connectivity index (χ2n) is 7.87. The van der Waals surface area contributed by atoms with Gasteiger partial charge in [0.15, 0.2) is 5.13 Å². The van der Waals surface area contributed by atoms with Crippen molar-refractivity contribution in [1.82, 2.24) is 14.9 Å². The second kappa shape index (κ2) is 7.56. The molecule has 1 unspecified atom stereocenters. The number of anilines is 2. The van der Waals surface area contributed by atoms with E-state index >= 15 is 0 Å². The Morgan fingerprint density at radius 3 is 2.79 bits per heavy atom. The smallest absolute Gasteiger partial charge is 0.370 e. The minimum atomic E-state index is -4.38. The topological polar surface area (TPSA) is 61.4 Å². The van der Waals surface area contributed by atoms with Gasteiger partial charge in [-0.15, -0.1) is 11.3 Å². The number of pyridine rings is 1. The molecule has 0 bridgehead atoms. The SMILES string of the molecule is CC(=O)Nc1ncc(CN2CCC3(CCN(c4cncc(C(F)(F)F)c4)C3)C2)s1. The monoisotopic (exact) mass is 425 g/mol. The predicted molar refractivity (Wildman–Crippen MR) is 105 cm³/mol. The van der Waals surface area contributed by atoms with E-state index in [1.165, 1.54) is 30.5 Å². The predicted octanol–water partition coefficient (Wildman–Crippen LogP) is 3.62. The zero-order chi connectivity index (χ0) is 20.6. The van der Waals surface area contributed by atoms with Crippen molar-refractivity contribution >= 4 is 28.1 Å². The average molecular weight is 425 g/mol.